The fraction of sp³-hybridized carbons (Fsp3) is 0.576. The van der Waals surface area contributed by atoms with Crippen LogP contribution in [0.5, 0.6) is 5.75 Å². The molecule has 0 saturated carbocycles. The van der Waals surface area contributed by atoms with Gasteiger partial charge in [-0.1, -0.05) is 43.5 Å². The number of benzene rings is 1. The first-order valence-corrected chi connectivity index (χ1v) is 16.7. The van der Waals surface area contributed by atoms with E-state index in [1.165, 1.54) is 0 Å². The number of nitrogens with two attached hydrogens (primary N) is 1. The van der Waals surface area contributed by atoms with Crippen molar-refractivity contribution in [2.75, 3.05) is 50.9 Å². The molecule has 1 atom stereocenters. The van der Waals surface area contributed by atoms with E-state index < -0.39 is 17.8 Å². The average Bonchev–Trinajstić information content (AvgIpc) is 3.59. The molecule has 0 unspecified atom stereocenters. The number of carbonyl (C=O) groups excluding carboxylic acids is 2. The van der Waals surface area contributed by atoms with Crippen molar-refractivity contribution < 1.29 is 23.8 Å². The van der Waals surface area contributed by atoms with Crippen LogP contribution >= 0.6 is 11.6 Å². The molecule has 0 spiro atoms. The number of hydrogen-bond acceptors (Lipinski definition) is 10. The van der Waals surface area contributed by atoms with Gasteiger partial charge in [0.1, 0.15) is 29.0 Å². The Balaban J connectivity index is 1.34. The Bertz CT molecular complexity index is 1510. The minimum Gasteiger partial charge on any atom is -0.496 e. The number of nitrogens with zero attached hydrogens (tertiary/aromatic N) is 4. The van der Waals surface area contributed by atoms with Crippen molar-refractivity contribution in [3.05, 3.63) is 40.5 Å². The summed E-state index contributed by atoms with van der Waals surface area (Å²) in [6.45, 7) is 11.2. The lowest BCUT2D eigenvalue weighted by Crippen LogP contribution is -2.39. The number of anilines is 2. The number of carbonyl (C=O) groups is 2. The zero-order valence-corrected chi connectivity index (χ0v) is 28.9. The number of aromatic nitrogens is 3. The van der Waals surface area contributed by atoms with Gasteiger partial charge in [-0.2, -0.15) is 4.98 Å². The molecule has 1 aliphatic heterocycles. The van der Waals surface area contributed by atoms with E-state index in [0.29, 0.717) is 29.4 Å². The quantitative estimate of drug-likeness (QED) is 0.151. The van der Waals surface area contributed by atoms with Crippen LogP contribution in [-0.2, 0) is 22.6 Å². The van der Waals surface area contributed by atoms with E-state index in [-0.39, 0.29) is 31.7 Å². The van der Waals surface area contributed by atoms with Gasteiger partial charge in [0.25, 0.3) is 0 Å². The topological polar surface area (TPSA) is 158 Å². The Morgan fingerprint density at radius 1 is 1.09 bits per heavy atom. The average molecular weight is 673 g/mol. The maximum Gasteiger partial charge on any atom is 0.407 e. The molecule has 1 saturated heterocycles. The lowest BCUT2D eigenvalue weighted by Gasteiger charge is -2.24. The molecule has 13 nitrogen and oxygen atoms in total. The first-order valence-electron chi connectivity index (χ1n) is 16.3. The zero-order valence-electron chi connectivity index (χ0n) is 28.2. The molecule has 5 N–H and O–H groups in total. The summed E-state index contributed by atoms with van der Waals surface area (Å²) in [6.07, 6.45) is 6.05. The molecule has 14 heteroatoms. The van der Waals surface area contributed by atoms with Gasteiger partial charge in [0.2, 0.25) is 5.95 Å². The number of amides is 2. The third-order valence-corrected chi connectivity index (χ3v) is 8.08. The van der Waals surface area contributed by atoms with Crippen LogP contribution < -0.4 is 26.4 Å². The highest BCUT2D eigenvalue weighted by atomic mass is 35.5. The van der Waals surface area contributed by atoms with Gasteiger partial charge in [-0.05, 0) is 58.2 Å². The van der Waals surface area contributed by atoms with Gasteiger partial charge in [-0.15, -0.1) is 0 Å². The highest BCUT2D eigenvalue weighted by molar-refractivity contribution is 6.35. The van der Waals surface area contributed by atoms with E-state index in [1.54, 1.807) is 27.9 Å². The molecule has 1 fully saturated rings. The summed E-state index contributed by atoms with van der Waals surface area (Å²) in [5.74, 6) is 1.61. The van der Waals surface area contributed by atoms with E-state index in [2.05, 4.69) is 55.9 Å². The van der Waals surface area contributed by atoms with E-state index in [4.69, 9.17) is 31.5 Å². The Morgan fingerprint density at radius 3 is 2.57 bits per heavy atom. The van der Waals surface area contributed by atoms with Crippen molar-refractivity contribution in [2.45, 2.75) is 84.5 Å². The fourth-order valence-corrected chi connectivity index (χ4v) is 5.85. The minimum absolute atomic E-state index is 0.107. The smallest absolute Gasteiger partial charge is 0.407 e. The van der Waals surface area contributed by atoms with Gasteiger partial charge in [0, 0.05) is 44.0 Å². The van der Waals surface area contributed by atoms with Crippen LogP contribution in [0.1, 0.15) is 70.9 Å². The molecule has 0 radical (unpaired) electrons. The Labute approximate surface area is 281 Å². The molecule has 0 bridgehead atoms. The van der Waals surface area contributed by atoms with Gasteiger partial charge in [-0.25, -0.2) is 14.6 Å². The molecule has 4 rings (SSSR count). The van der Waals surface area contributed by atoms with Crippen LogP contribution in [0.25, 0.3) is 11.0 Å². The highest BCUT2D eigenvalue weighted by Crippen LogP contribution is 2.32. The molecule has 2 amide bonds. The summed E-state index contributed by atoms with van der Waals surface area (Å²) in [7, 11) is 1.67. The number of rotatable bonds is 15. The van der Waals surface area contributed by atoms with Crippen molar-refractivity contribution in [1.82, 2.24) is 30.1 Å². The Kier molecular flexibility index (Phi) is 12.8. The molecular weight excluding hydrogens is 624 g/mol. The summed E-state index contributed by atoms with van der Waals surface area (Å²) in [5.41, 5.74) is 8.93. The van der Waals surface area contributed by atoms with Gasteiger partial charge in [-0.3, -0.25) is 4.90 Å². The molecule has 1 aliphatic rings. The highest BCUT2D eigenvalue weighted by Gasteiger charge is 2.26. The molecule has 2 aromatic heterocycles. The third kappa shape index (κ3) is 10.5. The van der Waals surface area contributed by atoms with Crippen molar-refractivity contribution >= 4 is 46.6 Å². The Hall–Kier alpha value is -3.97. The molecule has 47 heavy (non-hydrogen) atoms. The van der Waals surface area contributed by atoms with Crippen LogP contribution in [0.4, 0.5) is 21.4 Å². The summed E-state index contributed by atoms with van der Waals surface area (Å²) in [5, 5.41) is 9.21. The number of hydrogen-bond donors (Lipinski definition) is 4. The molecule has 3 heterocycles. The fourth-order valence-electron chi connectivity index (χ4n) is 5.60. The second-order valence-corrected chi connectivity index (χ2v) is 13.1. The lowest BCUT2D eigenvalue weighted by atomic mass is 10.1. The summed E-state index contributed by atoms with van der Waals surface area (Å²) < 4.78 is 18.6. The maximum absolute atomic E-state index is 12.3. The van der Waals surface area contributed by atoms with E-state index >= 15 is 0 Å². The number of nitrogen functional groups attached to an aromatic ring is 1. The van der Waals surface area contributed by atoms with Gasteiger partial charge >= 0.3 is 12.2 Å². The predicted molar refractivity (Wildman–Crippen MR) is 184 cm³/mol. The maximum atomic E-state index is 12.3. The first-order chi connectivity index (χ1) is 22.5. The summed E-state index contributed by atoms with van der Waals surface area (Å²) in [6, 6.07) is 6.34. The van der Waals surface area contributed by atoms with Gasteiger partial charge < -0.3 is 40.5 Å². The summed E-state index contributed by atoms with van der Waals surface area (Å²) >= 11 is 6.60. The number of halogens is 1. The van der Waals surface area contributed by atoms with Crippen LogP contribution in [0, 0.1) is 0 Å². The third-order valence-electron chi connectivity index (χ3n) is 7.80. The van der Waals surface area contributed by atoms with Crippen LogP contribution in [0.15, 0.2) is 24.4 Å². The number of alkyl carbamates (subject to hydrolysis) is 2. The van der Waals surface area contributed by atoms with E-state index in [0.717, 1.165) is 67.6 Å². The number of fused-ring (bicyclic) bond motifs is 1. The van der Waals surface area contributed by atoms with E-state index in [1.807, 2.05) is 10.8 Å². The zero-order chi connectivity index (χ0) is 34.0. The van der Waals surface area contributed by atoms with E-state index in [9.17, 15) is 9.59 Å². The molecule has 258 valence electrons. The van der Waals surface area contributed by atoms with Crippen molar-refractivity contribution in [3.8, 4) is 5.75 Å². The van der Waals surface area contributed by atoms with Crippen molar-refractivity contribution in [1.29, 1.82) is 0 Å². The molecule has 1 aromatic carbocycles. The van der Waals surface area contributed by atoms with Crippen molar-refractivity contribution in [3.63, 3.8) is 0 Å². The van der Waals surface area contributed by atoms with Crippen molar-refractivity contribution in [2.24, 2.45) is 0 Å². The standard InChI is InChI=1S/C33H49ClN8O5/c1-6-7-8-13-36-29-28-27(39-30(35)40-29)25(34)20-42(28)19-23-12-11-22(17-26(23)45-5)18-41-16-9-10-24(41)21-46-31(43)37-14-15-38-32(44)47-33(2,3)4/h11-12,17,20,24H,6-10,13-16,18-19,21H2,1-5H3,(H,37,43)(H,38,44)(H3,35,36,39,40)/t24-/m0/s1. The second kappa shape index (κ2) is 16.7. The number of likely N-dealkylation sites (tertiary alicyclic amines) is 1. The number of ether oxygens (including phenoxy) is 3. The lowest BCUT2D eigenvalue weighted by molar-refractivity contribution is 0.0526. The van der Waals surface area contributed by atoms with Crippen LogP contribution in [0.3, 0.4) is 0 Å². The minimum atomic E-state index is -0.579. The van der Waals surface area contributed by atoms with Crippen LogP contribution in [0.2, 0.25) is 5.02 Å². The monoisotopic (exact) mass is 672 g/mol. The number of methoxy groups -OCH3 is 1. The molecule has 0 aliphatic carbocycles. The number of nitrogens with one attached hydrogen (secondary N) is 3. The Morgan fingerprint density at radius 2 is 1.85 bits per heavy atom. The molecular formula is C33H49ClN8O5. The van der Waals surface area contributed by atoms with Gasteiger partial charge in [0.15, 0.2) is 5.82 Å². The summed E-state index contributed by atoms with van der Waals surface area (Å²) in [4.78, 5) is 35.2. The predicted octanol–water partition coefficient (Wildman–Crippen LogP) is 5.54. The SMILES string of the molecule is CCCCCNc1nc(N)nc2c(Cl)cn(Cc3ccc(CN4CCC[C@H]4COC(=O)NCCNC(=O)OC(C)(C)C)cc3OC)c12. The number of unbranched alkanes of at least 4 members (excludes halogenated alkanes) is 2. The first kappa shape index (κ1) is 35.9. The van der Waals surface area contributed by atoms with Crippen LogP contribution in [-0.4, -0.2) is 83.2 Å². The largest absolute Gasteiger partial charge is 0.496 e. The van der Waals surface area contributed by atoms with Gasteiger partial charge in [0.05, 0.1) is 18.7 Å². The normalized spacial score (nSPS) is 15.1. The second-order valence-electron chi connectivity index (χ2n) is 12.7. The molecule has 3 aromatic rings.